The first-order chi connectivity index (χ1) is 16.5. The average molecular weight is 473 g/mol. The Morgan fingerprint density at radius 1 is 0.471 bits per heavy atom. The van der Waals surface area contributed by atoms with Crippen molar-refractivity contribution in [1.82, 2.24) is 0 Å². The molecule has 0 amide bonds. The van der Waals surface area contributed by atoms with Gasteiger partial charge in [0.1, 0.15) is 5.82 Å². The fourth-order valence-corrected chi connectivity index (χ4v) is 7.20. The highest BCUT2D eigenvalue weighted by molar-refractivity contribution is 5.30. The summed E-state index contributed by atoms with van der Waals surface area (Å²) in [6.45, 7) is 0. The SMILES string of the molecule is Fc1cc(C2CCCCC2)ccc1C1CCC(C2CCC(c3cc(F)c(F)c(F)c3)CC2)CC1. The lowest BCUT2D eigenvalue weighted by Crippen LogP contribution is -2.25. The molecule has 2 aromatic carbocycles. The van der Waals surface area contributed by atoms with E-state index in [1.54, 1.807) is 0 Å². The molecule has 0 aromatic heterocycles. The minimum absolute atomic E-state index is 0.00852. The van der Waals surface area contributed by atoms with Crippen molar-refractivity contribution >= 4 is 0 Å². The van der Waals surface area contributed by atoms with E-state index >= 15 is 4.39 Å². The standard InChI is InChI=1S/C30H36F4/c31-27-16-24(19-4-2-1-3-5-19)14-15-26(27)23-12-10-21(11-13-23)20-6-8-22(9-7-20)25-17-28(32)30(34)29(33)18-25/h14-23H,1-13H2. The number of benzene rings is 2. The summed E-state index contributed by atoms with van der Waals surface area (Å²) < 4.78 is 55.6. The predicted molar refractivity (Wildman–Crippen MR) is 128 cm³/mol. The summed E-state index contributed by atoms with van der Waals surface area (Å²) >= 11 is 0. The molecular weight excluding hydrogens is 436 g/mol. The summed E-state index contributed by atoms with van der Waals surface area (Å²) in [5, 5.41) is 0. The van der Waals surface area contributed by atoms with E-state index in [0.29, 0.717) is 29.2 Å². The number of halogens is 4. The lowest BCUT2D eigenvalue weighted by Gasteiger charge is -2.38. The van der Waals surface area contributed by atoms with Crippen molar-refractivity contribution in [1.29, 1.82) is 0 Å². The van der Waals surface area contributed by atoms with Crippen LogP contribution in [-0.4, -0.2) is 0 Å². The molecule has 0 N–H and O–H groups in total. The van der Waals surface area contributed by atoms with Crippen LogP contribution in [0.25, 0.3) is 0 Å². The Bertz CT molecular complexity index is 954. The fourth-order valence-electron chi connectivity index (χ4n) is 7.20. The van der Waals surface area contributed by atoms with Crippen LogP contribution >= 0.6 is 0 Å². The van der Waals surface area contributed by atoms with Crippen LogP contribution in [0.2, 0.25) is 0 Å². The minimum Gasteiger partial charge on any atom is -0.207 e. The predicted octanol–water partition coefficient (Wildman–Crippen LogP) is 9.54. The first-order valence-electron chi connectivity index (χ1n) is 13.4. The summed E-state index contributed by atoms with van der Waals surface area (Å²) in [5.74, 6) is -1.32. The van der Waals surface area contributed by atoms with Gasteiger partial charge in [0.05, 0.1) is 0 Å². The van der Waals surface area contributed by atoms with Crippen molar-refractivity contribution in [3.63, 3.8) is 0 Å². The highest BCUT2D eigenvalue weighted by Gasteiger charge is 2.33. The van der Waals surface area contributed by atoms with E-state index in [0.717, 1.165) is 56.9 Å². The zero-order valence-corrected chi connectivity index (χ0v) is 20.0. The van der Waals surface area contributed by atoms with Gasteiger partial charge in [-0.2, -0.15) is 0 Å². The van der Waals surface area contributed by atoms with Crippen LogP contribution < -0.4 is 0 Å². The Hall–Kier alpha value is -1.84. The van der Waals surface area contributed by atoms with Crippen molar-refractivity contribution in [3.8, 4) is 0 Å². The largest absolute Gasteiger partial charge is 0.207 e. The summed E-state index contributed by atoms with van der Waals surface area (Å²) in [6, 6.07) is 8.41. The van der Waals surface area contributed by atoms with Crippen LogP contribution in [0.15, 0.2) is 30.3 Å². The number of hydrogen-bond donors (Lipinski definition) is 0. The molecule has 0 nitrogen and oxygen atoms in total. The highest BCUT2D eigenvalue weighted by atomic mass is 19.2. The van der Waals surface area contributed by atoms with Crippen LogP contribution in [0.4, 0.5) is 17.6 Å². The molecule has 0 spiro atoms. The lowest BCUT2D eigenvalue weighted by molar-refractivity contribution is 0.176. The summed E-state index contributed by atoms with van der Waals surface area (Å²) in [5.41, 5.74) is 2.68. The Labute approximate surface area is 201 Å². The normalized spacial score (nSPS) is 28.7. The van der Waals surface area contributed by atoms with Crippen molar-refractivity contribution in [3.05, 3.63) is 70.3 Å². The van der Waals surface area contributed by atoms with E-state index < -0.39 is 17.5 Å². The molecule has 3 aliphatic rings. The van der Waals surface area contributed by atoms with Gasteiger partial charge in [0.15, 0.2) is 17.5 Å². The van der Waals surface area contributed by atoms with Gasteiger partial charge < -0.3 is 0 Å². The second-order valence-corrected chi connectivity index (χ2v) is 11.1. The molecule has 5 rings (SSSR count). The van der Waals surface area contributed by atoms with E-state index in [2.05, 4.69) is 12.1 Å². The van der Waals surface area contributed by atoms with Gasteiger partial charge >= 0.3 is 0 Å². The molecule has 184 valence electrons. The molecule has 0 aliphatic heterocycles. The van der Waals surface area contributed by atoms with Crippen molar-refractivity contribution < 1.29 is 17.6 Å². The summed E-state index contributed by atoms with van der Waals surface area (Å²) in [6.07, 6.45) is 14.4. The molecule has 3 aliphatic carbocycles. The summed E-state index contributed by atoms with van der Waals surface area (Å²) in [7, 11) is 0. The third-order valence-electron chi connectivity index (χ3n) is 9.23. The number of hydrogen-bond acceptors (Lipinski definition) is 0. The minimum atomic E-state index is -1.38. The van der Waals surface area contributed by atoms with Gasteiger partial charge in [0.25, 0.3) is 0 Å². The van der Waals surface area contributed by atoms with Crippen LogP contribution in [0.3, 0.4) is 0 Å². The summed E-state index contributed by atoms with van der Waals surface area (Å²) in [4.78, 5) is 0. The van der Waals surface area contributed by atoms with E-state index in [1.807, 2.05) is 6.07 Å². The first-order valence-corrected chi connectivity index (χ1v) is 13.4. The molecule has 2 aromatic rings. The monoisotopic (exact) mass is 472 g/mol. The molecule has 0 saturated heterocycles. The molecule has 0 atom stereocenters. The molecular formula is C30H36F4. The third kappa shape index (κ3) is 5.06. The molecule has 0 radical (unpaired) electrons. The topological polar surface area (TPSA) is 0 Å². The van der Waals surface area contributed by atoms with Crippen molar-refractivity contribution in [2.75, 3.05) is 0 Å². The van der Waals surface area contributed by atoms with Crippen LogP contribution in [-0.2, 0) is 0 Å². The van der Waals surface area contributed by atoms with Crippen LogP contribution in [0.1, 0.15) is 118 Å². The smallest absolute Gasteiger partial charge is 0.194 e. The molecule has 0 heterocycles. The maximum Gasteiger partial charge on any atom is 0.194 e. The zero-order valence-electron chi connectivity index (χ0n) is 20.0. The Balaban J connectivity index is 1.14. The third-order valence-corrected chi connectivity index (χ3v) is 9.23. The molecule has 3 fully saturated rings. The maximum absolute atomic E-state index is 15.1. The van der Waals surface area contributed by atoms with Gasteiger partial charge in [-0.05, 0) is 129 Å². The molecule has 4 heteroatoms. The fraction of sp³-hybridized carbons (Fsp3) is 0.600. The quantitative estimate of drug-likeness (QED) is 0.307. The maximum atomic E-state index is 15.1. The van der Waals surface area contributed by atoms with E-state index in [-0.39, 0.29) is 11.7 Å². The van der Waals surface area contributed by atoms with E-state index in [9.17, 15) is 13.2 Å². The van der Waals surface area contributed by atoms with Crippen LogP contribution in [0, 0.1) is 35.1 Å². The average Bonchev–Trinajstić information content (AvgIpc) is 2.88. The Morgan fingerprint density at radius 2 is 0.971 bits per heavy atom. The van der Waals surface area contributed by atoms with E-state index in [1.165, 1.54) is 49.8 Å². The number of rotatable bonds is 4. The van der Waals surface area contributed by atoms with Gasteiger partial charge in [0, 0.05) is 0 Å². The Kier molecular flexibility index (Phi) is 7.32. The van der Waals surface area contributed by atoms with Gasteiger partial charge in [-0.1, -0.05) is 31.4 Å². The van der Waals surface area contributed by atoms with Crippen molar-refractivity contribution in [2.45, 2.75) is 101 Å². The zero-order chi connectivity index (χ0) is 23.7. The first kappa shape index (κ1) is 23.9. The van der Waals surface area contributed by atoms with Gasteiger partial charge in [-0.15, -0.1) is 0 Å². The molecule has 3 saturated carbocycles. The van der Waals surface area contributed by atoms with E-state index in [4.69, 9.17) is 0 Å². The molecule has 0 bridgehead atoms. The second kappa shape index (κ2) is 10.4. The second-order valence-electron chi connectivity index (χ2n) is 11.1. The van der Waals surface area contributed by atoms with Crippen LogP contribution in [0.5, 0.6) is 0 Å². The van der Waals surface area contributed by atoms with Gasteiger partial charge in [-0.3, -0.25) is 0 Å². The van der Waals surface area contributed by atoms with Gasteiger partial charge in [-0.25, -0.2) is 17.6 Å². The van der Waals surface area contributed by atoms with Gasteiger partial charge in [0.2, 0.25) is 0 Å². The molecule has 34 heavy (non-hydrogen) atoms. The van der Waals surface area contributed by atoms with Crippen molar-refractivity contribution in [2.24, 2.45) is 11.8 Å². The molecule has 0 unspecified atom stereocenters. The Morgan fingerprint density at radius 3 is 1.53 bits per heavy atom. The lowest BCUT2D eigenvalue weighted by atomic mass is 9.67. The highest BCUT2D eigenvalue weighted by Crippen LogP contribution is 2.46.